The van der Waals surface area contributed by atoms with Crippen LogP contribution in [0.15, 0.2) is 0 Å². The molecule has 1 saturated carbocycles. The van der Waals surface area contributed by atoms with Gasteiger partial charge in [0, 0.05) is 31.7 Å². The summed E-state index contributed by atoms with van der Waals surface area (Å²) in [4.78, 5) is 27.7. The van der Waals surface area contributed by atoms with Crippen LogP contribution in [0.5, 0.6) is 0 Å². The highest BCUT2D eigenvalue weighted by molar-refractivity contribution is 5.75. The number of nitrogens with zero attached hydrogens (tertiary/aromatic N) is 2. The monoisotopic (exact) mass is 295 g/mol. The number of urea groups is 1. The molecule has 6 nitrogen and oxygen atoms in total. The van der Waals surface area contributed by atoms with E-state index in [0.717, 1.165) is 26.1 Å². The predicted octanol–water partition coefficient (Wildman–Crippen LogP) is 1.12. The Labute approximate surface area is 125 Å². The number of nitrogens with one attached hydrogen (secondary N) is 1. The molecule has 1 aliphatic carbocycles. The zero-order valence-corrected chi connectivity index (χ0v) is 12.5. The van der Waals surface area contributed by atoms with E-state index < -0.39 is 5.97 Å². The third-order valence-electron chi connectivity index (χ3n) is 5.23. The molecule has 2 saturated heterocycles. The molecule has 0 spiro atoms. The number of hydrogen-bond donors (Lipinski definition) is 2. The van der Waals surface area contributed by atoms with Crippen LogP contribution >= 0.6 is 0 Å². The molecule has 2 amide bonds. The maximum Gasteiger partial charge on any atom is 0.317 e. The van der Waals surface area contributed by atoms with Crippen LogP contribution in [0.3, 0.4) is 0 Å². The fraction of sp³-hybridized carbons (Fsp3) is 0.867. The van der Waals surface area contributed by atoms with Crippen molar-refractivity contribution in [3.8, 4) is 0 Å². The molecule has 0 aromatic carbocycles. The molecule has 3 atom stereocenters. The summed E-state index contributed by atoms with van der Waals surface area (Å²) in [6.45, 7) is 3.75. The quantitative estimate of drug-likeness (QED) is 0.801. The third-order valence-corrected chi connectivity index (χ3v) is 5.23. The first-order valence-electron chi connectivity index (χ1n) is 8.16. The van der Waals surface area contributed by atoms with Crippen LogP contribution in [0.2, 0.25) is 0 Å². The van der Waals surface area contributed by atoms with Gasteiger partial charge in [-0.1, -0.05) is 6.42 Å². The van der Waals surface area contributed by atoms with Crippen molar-refractivity contribution in [3.05, 3.63) is 0 Å². The Hall–Kier alpha value is -1.30. The summed E-state index contributed by atoms with van der Waals surface area (Å²) in [7, 11) is 0. The second kappa shape index (κ2) is 6.22. The molecule has 1 unspecified atom stereocenters. The molecule has 2 N–H and O–H groups in total. The molecule has 3 aliphatic rings. The van der Waals surface area contributed by atoms with Crippen molar-refractivity contribution in [2.24, 2.45) is 5.92 Å². The lowest BCUT2D eigenvalue weighted by Gasteiger charge is -2.44. The van der Waals surface area contributed by atoms with Crippen molar-refractivity contribution in [2.75, 3.05) is 26.2 Å². The van der Waals surface area contributed by atoms with E-state index in [4.69, 9.17) is 5.11 Å². The second-order valence-electron chi connectivity index (χ2n) is 6.63. The van der Waals surface area contributed by atoms with Gasteiger partial charge in [-0.15, -0.1) is 0 Å². The normalized spacial score (nSPS) is 33.5. The van der Waals surface area contributed by atoms with Gasteiger partial charge in [0.2, 0.25) is 0 Å². The number of carboxylic acid groups (broad SMARTS) is 1. The van der Waals surface area contributed by atoms with E-state index in [1.807, 2.05) is 4.90 Å². The van der Waals surface area contributed by atoms with Crippen molar-refractivity contribution in [1.29, 1.82) is 0 Å². The fourth-order valence-corrected chi connectivity index (χ4v) is 3.94. The molecule has 0 aromatic heterocycles. The highest BCUT2D eigenvalue weighted by Crippen LogP contribution is 2.26. The lowest BCUT2D eigenvalue weighted by molar-refractivity contribution is -0.141. The number of piperazine rings is 1. The number of carbonyl (C=O) groups is 2. The zero-order chi connectivity index (χ0) is 14.8. The number of amides is 2. The molecule has 0 bridgehead atoms. The van der Waals surface area contributed by atoms with Crippen molar-refractivity contribution in [2.45, 2.75) is 50.6 Å². The first-order valence-corrected chi connectivity index (χ1v) is 8.16. The Morgan fingerprint density at radius 1 is 1.05 bits per heavy atom. The van der Waals surface area contributed by atoms with Crippen LogP contribution in [0.4, 0.5) is 4.79 Å². The van der Waals surface area contributed by atoms with Gasteiger partial charge in [0.15, 0.2) is 0 Å². The van der Waals surface area contributed by atoms with Gasteiger partial charge in [-0.05, 0) is 38.6 Å². The van der Waals surface area contributed by atoms with Crippen LogP contribution in [-0.2, 0) is 4.79 Å². The van der Waals surface area contributed by atoms with E-state index in [1.165, 1.54) is 25.8 Å². The minimum atomic E-state index is -0.734. The minimum Gasteiger partial charge on any atom is -0.481 e. The average Bonchev–Trinajstić information content (AvgIpc) is 2.95. The summed E-state index contributed by atoms with van der Waals surface area (Å²) in [5.74, 6) is -1.02. The predicted molar refractivity (Wildman–Crippen MR) is 78.1 cm³/mol. The molecule has 6 heteroatoms. The number of carbonyl (C=O) groups excluding carboxylic acids is 1. The molecule has 2 heterocycles. The van der Waals surface area contributed by atoms with Gasteiger partial charge in [0.1, 0.15) is 0 Å². The lowest BCUT2D eigenvalue weighted by Crippen LogP contribution is -2.58. The van der Waals surface area contributed by atoms with E-state index >= 15 is 0 Å². The summed E-state index contributed by atoms with van der Waals surface area (Å²) in [5.41, 5.74) is 0. The number of rotatable bonds is 2. The Morgan fingerprint density at radius 2 is 1.90 bits per heavy atom. The largest absolute Gasteiger partial charge is 0.481 e. The highest BCUT2D eigenvalue weighted by atomic mass is 16.4. The van der Waals surface area contributed by atoms with E-state index in [1.54, 1.807) is 0 Å². The smallest absolute Gasteiger partial charge is 0.317 e. The van der Waals surface area contributed by atoms with Crippen LogP contribution < -0.4 is 5.32 Å². The summed E-state index contributed by atoms with van der Waals surface area (Å²) in [6.07, 6.45) is 5.77. The Morgan fingerprint density at radius 3 is 2.67 bits per heavy atom. The van der Waals surface area contributed by atoms with Crippen LogP contribution in [0, 0.1) is 5.92 Å². The maximum atomic E-state index is 12.4. The van der Waals surface area contributed by atoms with E-state index in [-0.39, 0.29) is 18.0 Å². The molecule has 118 valence electrons. The first kappa shape index (κ1) is 14.6. The topological polar surface area (TPSA) is 72.9 Å². The highest BCUT2D eigenvalue weighted by Gasteiger charge is 2.34. The summed E-state index contributed by atoms with van der Waals surface area (Å²) in [5, 5.41) is 12.0. The number of piperidine rings is 1. The Bertz CT molecular complexity index is 415. The number of carboxylic acids is 1. The molecule has 3 fully saturated rings. The summed E-state index contributed by atoms with van der Waals surface area (Å²) < 4.78 is 0. The molecular weight excluding hydrogens is 270 g/mol. The SMILES string of the molecule is O=C(O)[C@@H]1CC[C@H](NC(=O)N2CCN3CCCCC3C2)C1. The standard InChI is InChI=1S/C15H25N3O3/c19-14(20)11-4-5-12(9-11)16-15(21)18-8-7-17-6-2-1-3-13(17)10-18/h11-13H,1-10H2,(H,16,21)(H,19,20)/t11-,12+,13?/m1/s1. The maximum absolute atomic E-state index is 12.4. The average molecular weight is 295 g/mol. The molecule has 0 aromatic rings. The van der Waals surface area contributed by atoms with Crippen molar-refractivity contribution < 1.29 is 14.7 Å². The zero-order valence-electron chi connectivity index (χ0n) is 12.5. The van der Waals surface area contributed by atoms with E-state index in [0.29, 0.717) is 18.9 Å². The number of hydrogen-bond acceptors (Lipinski definition) is 3. The van der Waals surface area contributed by atoms with Crippen LogP contribution in [-0.4, -0.2) is 65.2 Å². The molecule has 0 radical (unpaired) electrons. The Kier molecular flexibility index (Phi) is 4.33. The van der Waals surface area contributed by atoms with Gasteiger partial charge in [-0.2, -0.15) is 0 Å². The Balaban J connectivity index is 1.48. The van der Waals surface area contributed by atoms with Gasteiger partial charge in [0.05, 0.1) is 5.92 Å². The van der Waals surface area contributed by atoms with Gasteiger partial charge in [-0.25, -0.2) is 4.79 Å². The second-order valence-corrected chi connectivity index (χ2v) is 6.63. The van der Waals surface area contributed by atoms with Gasteiger partial charge < -0.3 is 15.3 Å². The number of fused-ring (bicyclic) bond motifs is 1. The molecule has 21 heavy (non-hydrogen) atoms. The van der Waals surface area contributed by atoms with Crippen LogP contribution in [0.25, 0.3) is 0 Å². The van der Waals surface area contributed by atoms with Gasteiger partial charge in [-0.3, -0.25) is 9.69 Å². The third kappa shape index (κ3) is 3.31. The van der Waals surface area contributed by atoms with Crippen molar-refractivity contribution in [1.82, 2.24) is 15.1 Å². The molecule has 2 aliphatic heterocycles. The minimum absolute atomic E-state index is 0.00346. The first-order chi connectivity index (χ1) is 10.1. The van der Waals surface area contributed by atoms with Crippen LogP contribution in [0.1, 0.15) is 38.5 Å². The van der Waals surface area contributed by atoms with E-state index in [9.17, 15) is 9.59 Å². The van der Waals surface area contributed by atoms with Crippen molar-refractivity contribution in [3.63, 3.8) is 0 Å². The van der Waals surface area contributed by atoms with Crippen molar-refractivity contribution >= 4 is 12.0 Å². The summed E-state index contributed by atoms with van der Waals surface area (Å²) >= 11 is 0. The van der Waals surface area contributed by atoms with Gasteiger partial charge in [0.25, 0.3) is 0 Å². The van der Waals surface area contributed by atoms with E-state index in [2.05, 4.69) is 10.2 Å². The fourth-order valence-electron chi connectivity index (χ4n) is 3.94. The lowest BCUT2D eigenvalue weighted by atomic mass is 10.00. The summed E-state index contributed by atoms with van der Waals surface area (Å²) in [6, 6.07) is 0.549. The number of aliphatic carboxylic acids is 1. The molecule has 3 rings (SSSR count). The van der Waals surface area contributed by atoms with Gasteiger partial charge >= 0.3 is 12.0 Å². The molecular formula is C15H25N3O3.